The molecule has 2 rings (SSSR count). The molecule has 0 radical (unpaired) electrons. The molecule has 0 saturated heterocycles. The van der Waals surface area contributed by atoms with Crippen molar-refractivity contribution in [3.05, 3.63) is 71.0 Å². The molecule has 0 heterocycles. The molecule has 5 heteroatoms. The molecule has 0 aromatic heterocycles. The van der Waals surface area contributed by atoms with Crippen LogP contribution in [0.3, 0.4) is 0 Å². The van der Waals surface area contributed by atoms with Crippen molar-refractivity contribution < 1.29 is 14.0 Å². The summed E-state index contributed by atoms with van der Waals surface area (Å²) >= 11 is 0. The summed E-state index contributed by atoms with van der Waals surface area (Å²) in [7, 11) is 0. The Morgan fingerprint density at radius 3 is 2.30 bits per heavy atom. The highest BCUT2D eigenvalue weighted by atomic mass is 19.1. The predicted molar refractivity (Wildman–Crippen MR) is 86.1 cm³/mol. The van der Waals surface area contributed by atoms with Crippen molar-refractivity contribution in [3.63, 3.8) is 0 Å². The maximum Gasteiger partial charge on any atom is 0.309 e. The van der Waals surface area contributed by atoms with E-state index >= 15 is 0 Å². The van der Waals surface area contributed by atoms with E-state index in [1.165, 1.54) is 6.07 Å². The third-order valence-electron chi connectivity index (χ3n) is 3.42. The van der Waals surface area contributed by atoms with Crippen molar-refractivity contribution in [2.45, 2.75) is 19.9 Å². The van der Waals surface area contributed by atoms with E-state index in [4.69, 9.17) is 0 Å². The van der Waals surface area contributed by atoms with Crippen LogP contribution in [0.4, 0.5) is 4.39 Å². The average Bonchev–Trinajstić information content (AvgIpc) is 2.55. The summed E-state index contributed by atoms with van der Waals surface area (Å²) in [6, 6.07) is 14.0. The fourth-order valence-corrected chi connectivity index (χ4v) is 2.06. The van der Waals surface area contributed by atoms with Crippen molar-refractivity contribution in [2.75, 3.05) is 6.54 Å². The Labute approximate surface area is 134 Å². The highest BCUT2D eigenvalue weighted by Crippen LogP contribution is 2.06. The Hall–Kier alpha value is -2.69. The minimum Gasteiger partial charge on any atom is -0.348 e. The molecule has 23 heavy (non-hydrogen) atoms. The normalized spacial score (nSPS) is 10.2. The number of halogens is 1. The van der Waals surface area contributed by atoms with Gasteiger partial charge in [-0.1, -0.05) is 48.0 Å². The Morgan fingerprint density at radius 1 is 0.957 bits per heavy atom. The standard InChI is InChI=1S/C18H19FN2O2/c1-13-6-8-14(9-7-13)12-21-18(23)17(22)20-11-10-15-4-2-3-5-16(15)19/h2-9H,10-12H2,1H3,(H,20,22)(H,21,23). The average molecular weight is 314 g/mol. The first-order valence-electron chi connectivity index (χ1n) is 7.41. The molecule has 0 aliphatic heterocycles. The van der Waals surface area contributed by atoms with Crippen LogP contribution in [0.1, 0.15) is 16.7 Å². The Morgan fingerprint density at radius 2 is 1.61 bits per heavy atom. The number of carbonyl (C=O) groups excluding carboxylic acids is 2. The number of nitrogens with one attached hydrogen (secondary N) is 2. The molecule has 0 bridgehead atoms. The van der Waals surface area contributed by atoms with Crippen molar-refractivity contribution in [2.24, 2.45) is 0 Å². The van der Waals surface area contributed by atoms with Crippen LogP contribution in [-0.4, -0.2) is 18.4 Å². The molecule has 0 fully saturated rings. The molecule has 120 valence electrons. The number of carbonyl (C=O) groups is 2. The molecule has 4 nitrogen and oxygen atoms in total. The van der Waals surface area contributed by atoms with Gasteiger partial charge in [0.25, 0.3) is 0 Å². The number of benzene rings is 2. The zero-order chi connectivity index (χ0) is 16.7. The minimum atomic E-state index is -0.714. The van der Waals surface area contributed by atoms with Crippen LogP contribution in [0, 0.1) is 12.7 Å². The van der Waals surface area contributed by atoms with E-state index in [1.807, 2.05) is 31.2 Å². The fourth-order valence-electron chi connectivity index (χ4n) is 2.06. The minimum absolute atomic E-state index is 0.206. The molecular formula is C18H19FN2O2. The third kappa shape index (κ3) is 5.21. The van der Waals surface area contributed by atoms with Crippen molar-refractivity contribution >= 4 is 11.8 Å². The van der Waals surface area contributed by atoms with Crippen LogP contribution in [0.2, 0.25) is 0 Å². The van der Waals surface area contributed by atoms with E-state index in [-0.39, 0.29) is 12.4 Å². The molecule has 2 aromatic rings. The lowest BCUT2D eigenvalue weighted by Gasteiger charge is -2.07. The van der Waals surface area contributed by atoms with Gasteiger partial charge in [-0.15, -0.1) is 0 Å². The maximum atomic E-state index is 13.4. The first-order chi connectivity index (χ1) is 11.1. The van der Waals surface area contributed by atoms with Gasteiger partial charge in [0.2, 0.25) is 0 Å². The summed E-state index contributed by atoms with van der Waals surface area (Å²) in [5.41, 5.74) is 2.56. The number of rotatable bonds is 5. The van der Waals surface area contributed by atoms with Gasteiger partial charge in [0.1, 0.15) is 5.82 Å². The largest absolute Gasteiger partial charge is 0.348 e. The first kappa shape index (κ1) is 16.7. The summed E-state index contributed by atoms with van der Waals surface area (Å²) < 4.78 is 13.4. The van der Waals surface area contributed by atoms with Crippen LogP contribution >= 0.6 is 0 Å². The summed E-state index contributed by atoms with van der Waals surface area (Å²) in [4.78, 5) is 23.4. The highest BCUT2D eigenvalue weighted by Gasteiger charge is 2.12. The van der Waals surface area contributed by atoms with Gasteiger partial charge in [-0.25, -0.2) is 4.39 Å². The van der Waals surface area contributed by atoms with Crippen LogP contribution in [-0.2, 0) is 22.6 Å². The van der Waals surface area contributed by atoms with Gasteiger partial charge in [0, 0.05) is 13.1 Å². The quantitative estimate of drug-likeness (QED) is 0.831. The molecule has 0 aliphatic carbocycles. The van der Waals surface area contributed by atoms with E-state index in [9.17, 15) is 14.0 Å². The smallest absolute Gasteiger partial charge is 0.309 e. The number of amides is 2. The second-order valence-corrected chi connectivity index (χ2v) is 5.27. The van der Waals surface area contributed by atoms with E-state index in [0.717, 1.165) is 11.1 Å². The van der Waals surface area contributed by atoms with E-state index in [1.54, 1.807) is 18.2 Å². The maximum absolute atomic E-state index is 13.4. The van der Waals surface area contributed by atoms with Gasteiger partial charge in [-0.05, 0) is 30.5 Å². The third-order valence-corrected chi connectivity index (χ3v) is 3.42. The number of hydrogen-bond donors (Lipinski definition) is 2. The zero-order valence-corrected chi connectivity index (χ0v) is 12.9. The van der Waals surface area contributed by atoms with Gasteiger partial charge in [-0.3, -0.25) is 9.59 Å². The molecular weight excluding hydrogens is 295 g/mol. The van der Waals surface area contributed by atoms with E-state index in [2.05, 4.69) is 10.6 Å². The molecule has 0 atom stereocenters. The first-order valence-corrected chi connectivity index (χ1v) is 7.41. The Bertz CT molecular complexity index is 684. The van der Waals surface area contributed by atoms with Gasteiger partial charge in [0.15, 0.2) is 0 Å². The Balaban J connectivity index is 1.73. The van der Waals surface area contributed by atoms with Gasteiger partial charge >= 0.3 is 11.8 Å². The molecule has 0 saturated carbocycles. The van der Waals surface area contributed by atoms with E-state index < -0.39 is 11.8 Å². The van der Waals surface area contributed by atoms with Crippen molar-refractivity contribution in [1.82, 2.24) is 10.6 Å². The van der Waals surface area contributed by atoms with Crippen LogP contribution in [0.25, 0.3) is 0 Å². The molecule has 0 unspecified atom stereocenters. The Kier molecular flexibility index (Phi) is 5.86. The topological polar surface area (TPSA) is 58.2 Å². The number of aryl methyl sites for hydroxylation is 1. The molecule has 2 amide bonds. The predicted octanol–water partition coefficient (Wildman–Crippen LogP) is 2.11. The number of hydrogen-bond acceptors (Lipinski definition) is 2. The highest BCUT2D eigenvalue weighted by molar-refractivity contribution is 6.35. The molecule has 0 aliphatic rings. The second kappa shape index (κ2) is 8.08. The fraction of sp³-hybridized carbons (Fsp3) is 0.222. The molecule has 2 aromatic carbocycles. The lowest BCUT2D eigenvalue weighted by atomic mass is 10.1. The zero-order valence-electron chi connectivity index (χ0n) is 12.9. The molecule has 2 N–H and O–H groups in total. The van der Waals surface area contributed by atoms with Crippen molar-refractivity contribution in [3.8, 4) is 0 Å². The van der Waals surface area contributed by atoms with Crippen molar-refractivity contribution in [1.29, 1.82) is 0 Å². The lowest BCUT2D eigenvalue weighted by molar-refractivity contribution is -0.139. The summed E-state index contributed by atoms with van der Waals surface area (Å²) in [6.07, 6.45) is 0.337. The van der Waals surface area contributed by atoms with Gasteiger partial charge < -0.3 is 10.6 Å². The SMILES string of the molecule is Cc1ccc(CNC(=O)C(=O)NCCc2ccccc2F)cc1. The summed E-state index contributed by atoms with van der Waals surface area (Å²) in [5, 5.41) is 5.04. The van der Waals surface area contributed by atoms with Gasteiger partial charge in [0.05, 0.1) is 0 Å². The van der Waals surface area contributed by atoms with Crippen LogP contribution < -0.4 is 10.6 Å². The lowest BCUT2D eigenvalue weighted by Crippen LogP contribution is -2.40. The summed E-state index contributed by atoms with van der Waals surface area (Å²) in [5.74, 6) is -1.72. The van der Waals surface area contributed by atoms with Gasteiger partial charge in [-0.2, -0.15) is 0 Å². The summed E-state index contributed by atoms with van der Waals surface area (Å²) in [6.45, 7) is 2.48. The van der Waals surface area contributed by atoms with E-state index in [0.29, 0.717) is 18.5 Å². The van der Waals surface area contributed by atoms with Crippen LogP contribution in [0.5, 0.6) is 0 Å². The monoisotopic (exact) mass is 314 g/mol. The molecule has 0 spiro atoms. The van der Waals surface area contributed by atoms with Crippen LogP contribution in [0.15, 0.2) is 48.5 Å². The second-order valence-electron chi connectivity index (χ2n) is 5.27.